The number of ether oxygens (including phenoxy) is 1. The predicted molar refractivity (Wildman–Crippen MR) is 70.0 cm³/mol. The van der Waals surface area contributed by atoms with Crippen molar-refractivity contribution in [2.75, 3.05) is 23.7 Å². The Bertz CT molecular complexity index is 507. The van der Waals surface area contributed by atoms with E-state index in [9.17, 15) is 13.2 Å². The van der Waals surface area contributed by atoms with Crippen LogP contribution in [-0.4, -0.2) is 33.8 Å². The lowest BCUT2D eigenvalue weighted by Crippen LogP contribution is -2.35. The van der Waals surface area contributed by atoms with Gasteiger partial charge >= 0.3 is 5.97 Å². The van der Waals surface area contributed by atoms with Crippen molar-refractivity contribution in [3.63, 3.8) is 0 Å². The van der Waals surface area contributed by atoms with E-state index in [1.807, 2.05) is 6.92 Å². The topological polar surface area (TPSA) is 63.7 Å². The molecular formula is C12H17NO4S. The molecule has 0 N–H and O–H groups in total. The van der Waals surface area contributed by atoms with Crippen molar-refractivity contribution in [1.82, 2.24) is 0 Å². The lowest BCUT2D eigenvalue weighted by molar-refractivity contribution is -0.141. The smallest absolute Gasteiger partial charge is 0.326 e. The highest BCUT2D eigenvalue weighted by Gasteiger charge is 2.21. The van der Waals surface area contributed by atoms with Crippen molar-refractivity contribution in [2.45, 2.75) is 13.8 Å². The highest BCUT2D eigenvalue weighted by molar-refractivity contribution is 7.92. The standard InChI is InChI=1S/C12H17NO4S/c1-4-17-12(14)9-13(18(3,15)16)11-7-5-10(2)6-8-11/h5-8H,4,9H2,1-3H3. The van der Waals surface area contributed by atoms with Crippen LogP contribution in [0.25, 0.3) is 0 Å². The van der Waals surface area contributed by atoms with E-state index in [0.717, 1.165) is 16.1 Å². The molecule has 0 atom stereocenters. The summed E-state index contributed by atoms with van der Waals surface area (Å²) in [5, 5.41) is 0. The molecule has 0 radical (unpaired) electrons. The van der Waals surface area contributed by atoms with Gasteiger partial charge in [-0.1, -0.05) is 17.7 Å². The minimum Gasteiger partial charge on any atom is -0.465 e. The summed E-state index contributed by atoms with van der Waals surface area (Å²) >= 11 is 0. The van der Waals surface area contributed by atoms with E-state index in [2.05, 4.69) is 0 Å². The molecule has 0 spiro atoms. The SMILES string of the molecule is CCOC(=O)CN(c1ccc(C)cc1)S(C)(=O)=O. The first kappa shape index (κ1) is 14.5. The Balaban J connectivity index is 3.00. The van der Waals surface area contributed by atoms with Crippen LogP contribution in [0.4, 0.5) is 5.69 Å². The maximum Gasteiger partial charge on any atom is 0.326 e. The van der Waals surface area contributed by atoms with E-state index < -0.39 is 16.0 Å². The van der Waals surface area contributed by atoms with Gasteiger partial charge in [-0.3, -0.25) is 9.10 Å². The van der Waals surface area contributed by atoms with E-state index in [1.165, 1.54) is 0 Å². The molecule has 1 aromatic rings. The third-order valence-electron chi connectivity index (χ3n) is 2.30. The van der Waals surface area contributed by atoms with Gasteiger partial charge < -0.3 is 4.74 Å². The molecule has 0 fully saturated rings. The molecule has 0 aliphatic carbocycles. The molecule has 1 aromatic carbocycles. The summed E-state index contributed by atoms with van der Waals surface area (Å²) in [6.07, 6.45) is 1.06. The molecule has 0 amide bonds. The summed E-state index contributed by atoms with van der Waals surface area (Å²) in [5.74, 6) is -0.566. The summed E-state index contributed by atoms with van der Waals surface area (Å²) in [6, 6.07) is 6.91. The number of carbonyl (C=O) groups is 1. The molecule has 0 bridgehead atoms. The van der Waals surface area contributed by atoms with Crippen LogP contribution in [0, 0.1) is 6.92 Å². The molecule has 100 valence electrons. The minimum absolute atomic E-state index is 0.227. The number of anilines is 1. The fraction of sp³-hybridized carbons (Fsp3) is 0.417. The van der Waals surface area contributed by atoms with E-state index in [-0.39, 0.29) is 13.2 Å². The van der Waals surface area contributed by atoms with Crippen molar-refractivity contribution >= 4 is 21.7 Å². The molecule has 5 nitrogen and oxygen atoms in total. The molecule has 0 heterocycles. The van der Waals surface area contributed by atoms with Crippen LogP contribution in [0.5, 0.6) is 0 Å². The Morgan fingerprint density at radius 2 is 1.83 bits per heavy atom. The van der Waals surface area contributed by atoms with Gasteiger partial charge in [-0.2, -0.15) is 0 Å². The average molecular weight is 271 g/mol. The van der Waals surface area contributed by atoms with Gasteiger partial charge in [-0.05, 0) is 26.0 Å². The summed E-state index contributed by atoms with van der Waals surface area (Å²) in [7, 11) is -3.51. The normalized spacial score (nSPS) is 11.1. The first-order valence-corrected chi connectivity index (χ1v) is 7.39. The Morgan fingerprint density at radius 3 is 2.28 bits per heavy atom. The van der Waals surface area contributed by atoms with Crippen molar-refractivity contribution in [2.24, 2.45) is 0 Å². The van der Waals surface area contributed by atoms with Crippen molar-refractivity contribution in [3.8, 4) is 0 Å². The summed E-state index contributed by atoms with van der Waals surface area (Å²) in [5.41, 5.74) is 1.47. The van der Waals surface area contributed by atoms with Crippen LogP contribution in [0.1, 0.15) is 12.5 Å². The molecule has 0 saturated heterocycles. The second-order valence-corrected chi connectivity index (χ2v) is 5.82. The number of sulfonamides is 1. The van der Waals surface area contributed by atoms with E-state index >= 15 is 0 Å². The fourth-order valence-electron chi connectivity index (χ4n) is 1.43. The van der Waals surface area contributed by atoms with Crippen LogP contribution in [-0.2, 0) is 19.6 Å². The van der Waals surface area contributed by atoms with Gasteiger partial charge in [0.1, 0.15) is 6.54 Å². The molecule has 0 aliphatic heterocycles. The molecule has 0 saturated carbocycles. The fourth-order valence-corrected chi connectivity index (χ4v) is 2.28. The van der Waals surface area contributed by atoms with Gasteiger partial charge in [0.2, 0.25) is 10.0 Å². The van der Waals surface area contributed by atoms with Gasteiger partial charge in [0.05, 0.1) is 18.6 Å². The lowest BCUT2D eigenvalue weighted by atomic mass is 10.2. The monoisotopic (exact) mass is 271 g/mol. The zero-order chi connectivity index (χ0) is 13.8. The van der Waals surface area contributed by atoms with Gasteiger partial charge in [0, 0.05) is 0 Å². The number of hydrogen-bond acceptors (Lipinski definition) is 4. The number of esters is 1. The van der Waals surface area contributed by atoms with Crippen LogP contribution in [0.2, 0.25) is 0 Å². The van der Waals surface area contributed by atoms with E-state index in [0.29, 0.717) is 5.69 Å². The summed E-state index contributed by atoms with van der Waals surface area (Å²) < 4.78 is 29.1. The van der Waals surface area contributed by atoms with Crippen molar-refractivity contribution in [1.29, 1.82) is 0 Å². The van der Waals surface area contributed by atoms with E-state index in [4.69, 9.17) is 4.74 Å². The van der Waals surface area contributed by atoms with Crippen molar-refractivity contribution in [3.05, 3.63) is 29.8 Å². The summed E-state index contributed by atoms with van der Waals surface area (Å²) in [4.78, 5) is 11.4. The number of rotatable bonds is 5. The Morgan fingerprint density at radius 1 is 1.28 bits per heavy atom. The van der Waals surface area contributed by atoms with Gasteiger partial charge in [-0.15, -0.1) is 0 Å². The Labute approximate surface area is 107 Å². The molecule has 0 aromatic heterocycles. The first-order valence-electron chi connectivity index (χ1n) is 5.54. The lowest BCUT2D eigenvalue weighted by Gasteiger charge is -2.21. The van der Waals surface area contributed by atoms with Gasteiger partial charge in [0.15, 0.2) is 0 Å². The summed E-state index contributed by atoms with van der Waals surface area (Å²) in [6.45, 7) is 3.49. The molecule has 6 heteroatoms. The third-order valence-corrected chi connectivity index (χ3v) is 3.44. The van der Waals surface area contributed by atoms with E-state index in [1.54, 1.807) is 31.2 Å². The third kappa shape index (κ3) is 4.03. The molecular weight excluding hydrogens is 254 g/mol. The number of nitrogens with zero attached hydrogens (tertiary/aromatic N) is 1. The number of benzene rings is 1. The quantitative estimate of drug-likeness (QED) is 0.758. The average Bonchev–Trinajstić information content (AvgIpc) is 2.26. The van der Waals surface area contributed by atoms with Crippen LogP contribution < -0.4 is 4.31 Å². The number of hydrogen-bond donors (Lipinski definition) is 0. The second kappa shape index (κ2) is 5.86. The van der Waals surface area contributed by atoms with Crippen LogP contribution in [0.15, 0.2) is 24.3 Å². The maximum atomic E-state index is 11.7. The molecule has 1 rings (SSSR count). The van der Waals surface area contributed by atoms with Gasteiger partial charge in [-0.25, -0.2) is 8.42 Å². The molecule has 18 heavy (non-hydrogen) atoms. The highest BCUT2D eigenvalue weighted by Crippen LogP contribution is 2.17. The second-order valence-electron chi connectivity index (χ2n) is 3.91. The molecule has 0 aliphatic rings. The van der Waals surface area contributed by atoms with Crippen LogP contribution >= 0.6 is 0 Å². The predicted octanol–water partition coefficient (Wildman–Crippen LogP) is 1.32. The number of aryl methyl sites for hydroxylation is 1. The zero-order valence-corrected chi connectivity index (χ0v) is 11.5. The molecule has 0 unspecified atom stereocenters. The highest BCUT2D eigenvalue weighted by atomic mass is 32.2. The van der Waals surface area contributed by atoms with Crippen LogP contribution in [0.3, 0.4) is 0 Å². The maximum absolute atomic E-state index is 11.7. The first-order chi connectivity index (χ1) is 8.34. The minimum atomic E-state index is -3.51. The largest absolute Gasteiger partial charge is 0.465 e. The zero-order valence-electron chi connectivity index (χ0n) is 10.7. The van der Waals surface area contributed by atoms with Crippen molar-refractivity contribution < 1.29 is 17.9 Å². The Kier molecular flexibility index (Phi) is 4.72. The Hall–Kier alpha value is -1.56. The number of carbonyl (C=O) groups excluding carboxylic acids is 1. The van der Waals surface area contributed by atoms with Gasteiger partial charge in [0.25, 0.3) is 0 Å².